The highest BCUT2D eigenvalue weighted by molar-refractivity contribution is 5.84. The van der Waals surface area contributed by atoms with Crippen LogP contribution in [0.5, 0.6) is 0 Å². The molecular weight excluding hydrogens is 370 g/mol. The lowest BCUT2D eigenvalue weighted by Crippen LogP contribution is -2.52. The largest absolute Gasteiger partial charge is 0.466 e. The van der Waals surface area contributed by atoms with Gasteiger partial charge in [0.25, 0.3) is 0 Å². The fourth-order valence-corrected chi connectivity index (χ4v) is 5.41. The summed E-state index contributed by atoms with van der Waals surface area (Å²) in [6, 6.07) is 1.98. The van der Waals surface area contributed by atoms with E-state index in [9.17, 15) is 9.59 Å². The molecule has 8 nitrogen and oxygen atoms in total. The number of esters is 1. The van der Waals surface area contributed by atoms with Gasteiger partial charge in [-0.3, -0.25) is 14.5 Å². The van der Waals surface area contributed by atoms with Crippen LogP contribution in [0.2, 0.25) is 0 Å². The van der Waals surface area contributed by atoms with Crippen LogP contribution in [-0.4, -0.2) is 83.1 Å². The Balaban J connectivity index is 1.37. The number of amides is 1. The molecule has 3 atom stereocenters. The molecule has 1 aromatic heterocycles. The lowest BCUT2D eigenvalue weighted by molar-refractivity contribution is -0.158. The van der Waals surface area contributed by atoms with Crippen molar-refractivity contribution in [1.82, 2.24) is 19.8 Å². The highest BCUT2D eigenvalue weighted by Gasteiger charge is 2.61. The lowest BCUT2D eigenvalue weighted by atomic mass is 9.72. The van der Waals surface area contributed by atoms with E-state index in [-0.39, 0.29) is 24.0 Å². The Morgan fingerprint density at radius 3 is 2.52 bits per heavy atom. The van der Waals surface area contributed by atoms with Crippen LogP contribution in [0.1, 0.15) is 39.5 Å². The number of hydrogen-bond acceptors (Lipinski definition) is 7. The van der Waals surface area contributed by atoms with Crippen LogP contribution < -0.4 is 4.90 Å². The lowest BCUT2D eigenvalue weighted by Gasteiger charge is -2.36. The van der Waals surface area contributed by atoms with Crippen molar-refractivity contribution in [3.8, 4) is 0 Å². The normalized spacial score (nSPS) is 29.3. The average Bonchev–Trinajstić information content (AvgIpc) is 3.32. The van der Waals surface area contributed by atoms with E-state index in [2.05, 4.69) is 19.8 Å². The number of anilines is 1. The second-order valence-corrected chi connectivity index (χ2v) is 8.29. The van der Waals surface area contributed by atoms with Gasteiger partial charge in [0.1, 0.15) is 0 Å². The number of nitrogens with zero attached hydrogens (tertiary/aromatic N) is 5. The topological polar surface area (TPSA) is 78.9 Å². The smallest absolute Gasteiger partial charge is 0.314 e. The van der Waals surface area contributed by atoms with Gasteiger partial charge >= 0.3 is 5.97 Å². The third-order valence-corrected chi connectivity index (χ3v) is 6.91. The number of hydrogen-bond donors (Lipinski definition) is 0. The van der Waals surface area contributed by atoms with E-state index < -0.39 is 5.41 Å². The van der Waals surface area contributed by atoms with Gasteiger partial charge in [-0.05, 0) is 38.7 Å². The number of carbonyl (C=O) groups excluding carboxylic acids is 2. The predicted molar refractivity (Wildman–Crippen MR) is 108 cm³/mol. The molecule has 0 aliphatic carbocycles. The van der Waals surface area contributed by atoms with Gasteiger partial charge in [-0.25, -0.2) is 9.97 Å². The van der Waals surface area contributed by atoms with E-state index in [1.54, 1.807) is 12.4 Å². The van der Waals surface area contributed by atoms with Crippen LogP contribution in [0.4, 0.5) is 5.95 Å². The van der Waals surface area contributed by atoms with Crippen molar-refractivity contribution in [2.75, 3.05) is 44.2 Å². The SMILES string of the molecule is CCOC(=O)[C@@]1(CC)C[C@H]2CC[C@@H]1N2C(=O)CN1CCN(c2ncccn2)CC1. The first-order valence-electron chi connectivity index (χ1n) is 10.8. The molecule has 3 aliphatic heterocycles. The van der Waals surface area contributed by atoms with Gasteiger partial charge in [-0.1, -0.05) is 6.92 Å². The molecule has 0 unspecified atom stereocenters. The molecule has 1 aromatic rings. The summed E-state index contributed by atoms with van der Waals surface area (Å²) in [4.78, 5) is 40.9. The summed E-state index contributed by atoms with van der Waals surface area (Å²) in [5, 5.41) is 0. The van der Waals surface area contributed by atoms with Gasteiger partial charge in [-0.15, -0.1) is 0 Å². The molecule has 3 fully saturated rings. The van der Waals surface area contributed by atoms with Crippen LogP contribution in [0.25, 0.3) is 0 Å². The van der Waals surface area contributed by atoms with Gasteiger partial charge in [-0.2, -0.15) is 0 Å². The Hall–Kier alpha value is -2.22. The average molecular weight is 402 g/mol. The summed E-state index contributed by atoms with van der Waals surface area (Å²) < 4.78 is 5.40. The summed E-state index contributed by atoms with van der Waals surface area (Å²) in [5.74, 6) is 0.781. The van der Waals surface area contributed by atoms with Crippen LogP contribution in [0.15, 0.2) is 18.5 Å². The van der Waals surface area contributed by atoms with Crippen molar-refractivity contribution in [2.45, 2.75) is 51.6 Å². The Morgan fingerprint density at radius 1 is 1.14 bits per heavy atom. The van der Waals surface area contributed by atoms with Crippen LogP contribution >= 0.6 is 0 Å². The minimum absolute atomic E-state index is 0.0111. The predicted octanol–water partition coefficient (Wildman–Crippen LogP) is 1.32. The fourth-order valence-electron chi connectivity index (χ4n) is 5.41. The third kappa shape index (κ3) is 3.58. The molecule has 0 aromatic carbocycles. The molecule has 2 bridgehead atoms. The van der Waals surface area contributed by atoms with Crippen LogP contribution in [-0.2, 0) is 14.3 Å². The van der Waals surface area contributed by atoms with Crippen LogP contribution in [0, 0.1) is 5.41 Å². The van der Waals surface area contributed by atoms with Crippen molar-refractivity contribution in [2.24, 2.45) is 5.41 Å². The molecule has 8 heteroatoms. The molecule has 0 spiro atoms. The molecule has 0 saturated carbocycles. The fraction of sp³-hybridized carbons (Fsp3) is 0.714. The number of carbonyl (C=O) groups is 2. The summed E-state index contributed by atoms with van der Waals surface area (Å²) in [5.41, 5.74) is -0.516. The van der Waals surface area contributed by atoms with Gasteiger partial charge in [0.2, 0.25) is 11.9 Å². The van der Waals surface area contributed by atoms with E-state index in [4.69, 9.17) is 4.74 Å². The van der Waals surface area contributed by atoms with E-state index in [0.717, 1.165) is 57.8 Å². The van der Waals surface area contributed by atoms with E-state index in [1.165, 1.54) is 0 Å². The highest BCUT2D eigenvalue weighted by atomic mass is 16.5. The van der Waals surface area contributed by atoms with Gasteiger partial charge in [0.05, 0.1) is 18.6 Å². The van der Waals surface area contributed by atoms with Gasteiger partial charge in [0.15, 0.2) is 0 Å². The van der Waals surface area contributed by atoms with E-state index in [0.29, 0.717) is 13.2 Å². The minimum Gasteiger partial charge on any atom is -0.466 e. The first kappa shape index (κ1) is 20.1. The number of ether oxygens (including phenoxy) is 1. The van der Waals surface area contributed by atoms with E-state index in [1.807, 2.05) is 24.8 Å². The molecule has 1 amide bonds. The maximum atomic E-state index is 13.2. The number of fused-ring (bicyclic) bond motifs is 2. The first-order valence-corrected chi connectivity index (χ1v) is 10.8. The number of piperazine rings is 1. The first-order chi connectivity index (χ1) is 14.1. The monoisotopic (exact) mass is 401 g/mol. The standard InChI is InChI=1S/C21H31N5O3/c1-3-21(19(28)29-4-2)14-16-6-7-17(21)26(16)18(27)15-24-10-12-25(13-11-24)20-22-8-5-9-23-20/h5,8-9,16-17H,3-4,6-7,10-15H2,1-2H3/t16-,17+,21+/m1/s1. The summed E-state index contributed by atoms with van der Waals surface area (Å²) in [7, 11) is 0. The molecule has 4 heterocycles. The van der Waals surface area contributed by atoms with Gasteiger partial charge < -0.3 is 14.5 Å². The molecule has 29 heavy (non-hydrogen) atoms. The molecule has 0 radical (unpaired) electrons. The molecule has 158 valence electrons. The highest BCUT2D eigenvalue weighted by Crippen LogP contribution is 2.52. The second-order valence-electron chi connectivity index (χ2n) is 8.29. The van der Waals surface area contributed by atoms with Crippen molar-refractivity contribution in [3.63, 3.8) is 0 Å². The van der Waals surface area contributed by atoms with E-state index >= 15 is 0 Å². The Kier molecular flexibility index (Phi) is 5.72. The van der Waals surface area contributed by atoms with Crippen molar-refractivity contribution >= 4 is 17.8 Å². The van der Waals surface area contributed by atoms with Crippen molar-refractivity contribution in [3.05, 3.63) is 18.5 Å². The Morgan fingerprint density at radius 2 is 1.86 bits per heavy atom. The minimum atomic E-state index is -0.516. The molecule has 0 N–H and O–H groups in total. The zero-order valence-corrected chi connectivity index (χ0v) is 17.4. The maximum Gasteiger partial charge on any atom is 0.314 e. The zero-order chi connectivity index (χ0) is 20.4. The van der Waals surface area contributed by atoms with Crippen molar-refractivity contribution in [1.29, 1.82) is 0 Å². The Bertz CT molecular complexity index is 737. The summed E-state index contributed by atoms with van der Waals surface area (Å²) in [6.45, 7) is 7.94. The van der Waals surface area contributed by atoms with Crippen LogP contribution in [0.3, 0.4) is 0 Å². The quantitative estimate of drug-likeness (QED) is 0.665. The molecule has 4 rings (SSSR count). The second kappa shape index (κ2) is 8.26. The summed E-state index contributed by atoms with van der Waals surface area (Å²) in [6.07, 6.45) is 6.89. The molecule has 3 aliphatic rings. The zero-order valence-electron chi connectivity index (χ0n) is 17.4. The number of aromatic nitrogens is 2. The molecule has 3 saturated heterocycles. The maximum absolute atomic E-state index is 13.2. The number of rotatable bonds is 6. The van der Waals surface area contributed by atoms with Gasteiger partial charge in [0, 0.05) is 50.7 Å². The third-order valence-electron chi connectivity index (χ3n) is 6.91. The molecular formula is C21H31N5O3. The summed E-state index contributed by atoms with van der Waals surface area (Å²) >= 11 is 0. The van der Waals surface area contributed by atoms with Crippen molar-refractivity contribution < 1.29 is 14.3 Å². The Labute approximate surface area is 172 Å².